The zero-order chi connectivity index (χ0) is 14.2. The molecular formula is C13H20N6S. The van der Waals surface area contributed by atoms with E-state index in [1.165, 1.54) is 5.56 Å². The summed E-state index contributed by atoms with van der Waals surface area (Å²) >= 11 is 1.63. The van der Waals surface area contributed by atoms with Gasteiger partial charge in [-0.1, -0.05) is 31.7 Å². The van der Waals surface area contributed by atoms with E-state index in [1.54, 1.807) is 18.0 Å². The summed E-state index contributed by atoms with van der Waals surface area (Å²) in [5.74, 6) is 1.48. The Hall–Kier alpha value is -1.47. The molecule has 0 unspecified atom stereocenters. The molecule has 1 N–H and O–H groups in total. The Kier molecular flexibility index (Phi) is 5.94. The van der Waals surface area contributed by atoms with Crippen molar-refractivity contribution in [1.29, 1.82) is 0 Å². The summed E-state index contributed by atoms with van der Waals surface area (Å²) < 4.78 is 1.84. The predicted octanol–water partition coefficient (Wildman–Crippen LogP) is 1.61. The Bertz CT molecular complexity index is 499. The SMILES string of the molecule is CC(C)CNCCn1nnnc1SCc1cccnc1. The molecule has 2 aromatic rings. The summed E-state index contributed by atoms with van der Waals surface area (Å²) in [6, 6.07) is 3.99. The van der Waals surface area contributed by atoms with Crippen LogP contribution in [0.2, 0.25) is 0 Å². The first-order valence-electron chi connectivity index (χ1n) is 6.74. The van der Waals surface area contributed by atoms with Crippen molar-refractivity contribution in [2.24, 2.45) is 5.92 Å². The van der Waals surface area contributed by atoms with Gasteiger partial charge in [0.15, 0.2) is 0 Å². The molecule has 0 atom stereocenters. The molecule has 0 amide bonds. The summed E-state index contributed by atoms with van der Waals surface area (Å²) in [6.45, 7) is 7.07. The third-order valence-corrected chi connectivity index (χ3v) is 3.67. The van der Waals surface area contributed by atoms with E-state index < -0.39 is 0 Å². The second kappa shape index (κ2) is 7.96. The van der Waals surface area contributed by atoms with E-state index in [1.807, 2.05) is 16.9 Å². The van der Waals surface area contributed by atoms with Crippen LogP contribution in [0.1, 0.15) is 19.4 Å². The highest BCUT2D eigenvalue weighted by molar-refractivity contribution is 7.98. The Balaban J connectivity index is 1.79. The normalized spacial score (nSPS) is 11.2. The van der Waals surface area contributed by atoms with Crippen molar-refractivity contribution < 1.29 is 0 Å². The van der Waals surface area contributed by atoms with Gasteiger partial charge in [0.1, 0.15) is 0 Å². The molecule has 6 nitrogen and oxygen atoms in total. The van der Waals surface area contributed by atoms with Crippen LogP contribution >= 0.6 is 11.8 Å². The maximum Gasteiger partial charge on any atom is 0.209 e. The molecule has 2 heterocycles. The lowest BCUT2D eigenvalue weighted by Crippen LogP contribution is -2.24. The van der Waals surface area contributed by atoms with Gasteiger partial charge in [0.25, 0.3) is 0 Å². The lowest BCUT2D eigenvalue weighted by Gasteiger charge is -2.08. The molecule has 0 fully saturated rings. The molecule has 0 aliphatic carbocycles. The molecule has 7 heteroatoms. The van der Waals surface area contributed by atoms with E-state index in [9.17, 15) is 0 Å². The first kappa shape index (κ1) is 14.9. The smallest absolute Gasteiger partial charge is 0.209 e. The molecule has 0 spiro atoms. The van der Waals surface area contributed by atoms with Crippen LogP contribution in [0.25, 0.3) is 0 Å². The monoisotopic (exact) mass is 292 g/mol. The van der Waals surface area contributed by atoms with E-state index in [4.69, 9.17) is 0 Å². The largest absolute Gasteiger partial charge is 0.315 e. The molecule has 0 aliphatic rings. The Morgan fingerprint density at radius 2 is 2.30 bits per heavy atom. The van der Waals surface area contributed by atoms with E-state index in [0.29, 0.717) is 5.92 Å². The van der Waals surface area contributed by atoms with Crippen LogP contribution in [0, 0.1) is 5.92 Å². The first-order valence-corrected chi connectivity index (χ1v) is 7.73. The lowest BCUT2D eigenvalue weighted by molar-refractivity contribution is 0.482. The number of rotatable bonds is 8. The standard InChI is InChI=1S/C13H20N6S/c1-11(2)8-15-6-7-19-13(16-17-18-19)20-10-12-4-3-5-14-9-12/h3-5,9,11,15H,6-8,10H2,1-2H3. The number of hydrogen-bond acceptors (Lipinski definition) is 6. The zero-order valence-electron chi connectivity index (χ0n) is 11.9. The molecule has 0 saturated heterocycles. The quantitative estimate of drug-likeness (QED) is 0.589. The molecule has 0 aromatic carbocycles. The highest BCUT2D eigenvalue weighted by Gasteiger charge is 2.06. The van der Waals surface area contributed by atoms with Crippen molar-refractivity contribution in [3.05, 3.63) is 30.1 Å². The summed E-state index contributed by atoms with van der Waals surface area (Å²) in [5, 5.41) is 16.1. The van der Waals surface area contributed by atoms with Crippen LogP contribution in [-0.2, 0) is 12.3 Å². The number of nitrogens with zero attached hydrogens (tertiary/aromatic N) is 5. The van der Waals surface area contributed by atoms with Gasteiger partial charge in [-0.05, 0) is 34.5 Å². The van der Waals surface area contributed by atoms with Crippen molar-refractivity contribution in [2.75, 3.05) is 13.1 Å². The second-order valence-corrected chi connectivity index (χ2v) is 5.88. The zero-order valence-corrected chi connectivity index (χ0v) is 12.7. The van der Waals surface area contributed by atoms with Crippen LogP contribution in [0.4, 0.5) is 0 Å². The van der Waals surface area contributed by atoms with Gasteiger partial charge in [-0.15, -0.1) is 5.10 Å². The summed E-state index contributed by atoms with van der Waals surface area (Å²) in [5.41, 5.74) is 1.17. The van der Waals surface area contributed by atoms with Gasteiger partial charge in [-0.3, -0.25) is 4.98 Å². The third kappa shape index (κ3) is 4.90. The Morgan fingerprint density at radius 1 is 1.40 bits per heavy atom. The van der Waals surface area contributed by atoms with E-state index in [2.05, 4.69) is 45.7 Å². The molecule has 108 valence electrons. The van der Waals surface area contributed by atoms with Crippen LogP contribution < -0.4 is 5.32 Å². The molecular weight excluding hydrogens is 272 g/mol. The third-order valence-electron chi connectivity index (χ3n) is 2.64. The minimum absolute atomic E-state index is 0.656. The number of thioether (sulfide) groups is 1. The summed E-state index contributed by atoms with van der Waals surface area (Å²) in [6.07, 6.45) is 3.64. The van der Waals surface area contributed by atoms with Crippen LogP contribution in [-0.4, -0.2) is 38.3 Å². The fourth-order valence-electron chi connectivity index (χ4n) is 1.65. The molecule has 0 bridgehead atoms. The molecule has 2 aromatic heterocycles. The van der Waals surface area contributed by atoms with Gasteiger partial charge < -0.3 is 5.32 Å². The maximum absolute atomic E-state index is 4.10. The second-order valence-electron chi connectivity index (χ2n) is 4.93. The number of hydrogen-bond donors (Lipinski definition) is 1. The average Bonchev–Trinajstić information content (AvgIpc) is 2.90. The first-order chi connectivity index (χ1) is 9.75. The Labute approximate surface area is 123 Å². The molecule has 20 heavy (non-hydrogen) atoms. The molecule has 0 saturated carbocycles. The van der Waals surface area contributed by atoms with Crippen molar-refractivity contribution in [2.45, 2.75) is 31.3 Å². The van der Waals surface area contributed by atoms with E-state index >= 15 is 0 Å². The minimum Gasteiger partial charge on any atom is -0.315 e. The van der Waals surface area contributed by atoms with Gasteiger partial charge in [0.05, 0.1) is 6.54 Å². The van der Waals surface area contributed by atoms with Gasteiger partial charge in [-0.2, -0.15) is 0 Å². The van der Waals surface area contributed by atoms with Gasteiger partial charge >= 0.3 is 0 Å². The fraction of sp³-hybridized carbons (Fsp3) is 0.538. The van der Waals surface area contributed by atoms with Gasteiger partial charge in [0.2, 0.25) is 5.16 Å². The van der Waals surface area contributed by atoms with E-state index in [0.717, 1.165) is 30.5 Å². The summed E-state index contributed by atoms with van der Waals surface area (Å²) in [4.78, 5) is 4.10. The van der Waals surface area contributed by atoms with Crippen molar-refractivity contribution in [3.63, 3.8) is 0 Å². The van der Waals surface area contributed by atoms with Crippen molar-refractivity contribution in [1.82, 2.24) is 30.5 Å². The maximum atomic E-state index is 4.10. The van der Waals surface area contributed by atoms with E-state index in [-0.39, 0.29) is 0 Å². The molecule has 2 rings (SSSR count). The fourth-order valence-corrected chi connectivity index (χ4v) is 2.48. The van der Waals surface area contributed by atoms with Gasteiger partial charge in [-0.25, -0.2) is 4.68 Å². The van der Waals surface area contributed by atoms with Crippen molar-refractivity contribution in [3.8, 4) is 0 Å². The van der Waals surface area contributed by atoms with Crippen molar-refractivity contribution >= 4 is 11.8 Å². The number of nitrogens with one attached hydrogen (secondary N) is 1. The highest BCUT2D eigenvalue weighted by atomic mass is 32.2. The minimum atomic E-state index is 0.656. The average molecular weight is 292 g/mol. The highest BCUT2D eigenvalue weighted by Crippen LogP contribution is 2.18. The van der Waals surface area contributed by atoms with Crippen LogP contribution in [0.15, 0.2) is 29.7 Å². The number of tetrazole rings is 1. The van der Waals surface area contributed by atoms with Gasteiger partial charge in [0, 0.05) is 24.7 Å². The molecule has 0 aliphatic heterocycles. The number of pyridine rings is 1. The lowest BCUT2D eigenvalue weighted by atomic mass is 10.2. The number of aromatic nitrogens is 5. The topological polar surface area (TPSA) is 68.5 Å². The van der Waals surface area contributed by atoms with Crippen LogP contribution in [0.3, 0.4) is 0 Å². The predicted molar refractivity (Wildman–Crippen MR) is 79.3 cm³/mol. The summed E-state index contributed by atoms with van der Waals surface area (Å²) in [7, 11) is 0. The van der Waals surface area contributed by atoms with Crippen LogP contribution in [0.5, 0.6) is 0 Å². The molecule has 0 radical (unpaired) electrons. The Morgan fingerprint density at radius 3 is 3.05 bits per heavy atom.